The van der Waals surface area contributed by atoms with E-state index in [1.165, 1.54) is 19.1 Å². The highest BCUT2D eigenvalue weighted by atomic mass is 32.2. The largest absolute Gasteiger partial charge is 0.370 e. The van der Waals surface area contributed by atoms with Gasteiger partial charge in [0, 0.05) is 33.5 Å². The Balaban J connectivity index is 4.21. The minimum absolute atomic E-state index is 0.0593. The van der Waals surface area contributed by atoms with Crippen LogP contribution in [0.4, 0.5) is 0 Å². The number of rotatable bonds is 6. The predicted molar refractivity (Wildman–Crippen MR) is 57.2 cm³/mol. The number of nitrogens with two attached hydrogens (primary N) is 1. The van der Waals surface area contributed by atoms with Crippen LogP contribution in [0.3, 0.4) is 0 Å². The van der Waals surface area contributed by atoms with Crippen molar-refractivity contribution in [1.29, 1.82) is 0 Å². The third kappa shape index (κ3) is 5.71. The molecule has 0 spiro atoms. The Morgan fingerprint density at radius 3 is 2.40 bits per heavy atom. The van der Waals surface area contributed by atoms with Crippen molar-refractivity contribution in [3.8, 4) is 0 Å². The van der Waals surface area contributed by atoms with Crippen molar-refractivity contribution in [2.24, 2.45) is 5.73 Å². The lowest BCUT2D eigenvalue weighted by molar-refractivity contribution is -0.139. The number of sulfone groups is 1. The molecule has 6 nitrogen and oxygen atoms in total. The van der Waals surface area contributed by atoms with Crippen LogP contribution in [0.1, 0.15) is 0 Å². The van der Waals surface area contributed by atoms with Gasteiger partial charge in [-0.2, -0.15) is 0 Å². The summed E-state index contributed by atoms with van der Waals surface area (Å²) in [4.78, 5) is 12.9. The molecule has 90 valence electrons. The van der Waals surface area contributed by atoms with Crippen molar-refractivity contribution < 1.29 is 17.9 Å². The van der Waals surface area contributed by atoms with Crippen LogP contribution in [0.5, 0.6) is 0 Å². The molecule has 1 amide bonds. The molecular weight excluding hydrogens is 220 g/mol. The molecule has 1 atom stereocenters. The highest BCUT2D eigenvalue weighted by molar-refractivity contribution is 7.90. The molecule has 0 bridgehead atoms. The Kier molecular flexibility index (Phi) is 5.77. The van der Waals surface area contributed by atoms with Gasteiger partial charge in [-0.15, -0.1) is 0 Å². The minimum Gasteiger partial charge on any atom is -0.370 e. The van der Waals surface area contributed by atoms with Gasteiger partial charge in [0.25, 0.3) is 5.91 Å². The van der Waals surface area contributed by atoms with Gasteiger partial charge in [-0.3, -0.25) is 4.79 Å². The molecule has 0 aliphatic carbocycles. The molecule has 0 saturated heterocycles. The number of carbonyl (C=O) groups is 1. The maximum atomic E-state index is 11.5. The van der Waals surface area contributed by atoms with E-state index in [1.807, 2.05) is 0 Å². The molecule has 1 unspecified atom stereocenters. The van der Waals surface area contributed by atoms with Crippen LogP contribution in [0.15, 0.2) is 0 Å². The third-order valence-corrected chi connectivity index (χ3v) is 2.87. The number of likely N-dealkylation sites (N-methyl/N-ethyl adjacent to an activating group) is 1. The van der Waals surface area contributed by atoms with Crippen molar-refractivity contribution in [3.05, 3.63) is 0 Å². The monoisotopic (exact) mass is 238 g/mol. The van der Waals surface area contributed by atoms with Crippen molar-refractivity contribution in [3.63, 3.8) is 0 Å². The van der Waals surface area contributed by atoms with Crippen LogP contribution in [0.2, 0.25) is 0 Å². The van der Waals surface area contributed by atoms with E-state index in [9.17, 15) is 13.2 Å². The molecule has 2 N–H and O–H groups in total. The summed E-state index contributed by atoms with van der Waals surface area (Å²) in [5, 5.41) is 0. The molecule has 0 aromatic carbocycles. The van der Waals surface area contributed by atoms with Crippen molar-refractivity contribution in [1.82, 2.24) is 4.90 Å². The number of hydrogen-bond donors (Lipinski definition) is 1. The second kappa shape index (κ2) is 6.04. The Morgan fingerprint density at radius 1 is 1.53 bits per heavy atom. The molecular formula is C8H18N2O4S. The minimum atomic E-state index is -3.06. The zero-order valence-electron chi connectivity index (χ0n) is 9.26. The van der Waals surface area contributed by atoms with Gasteiger partial charge in [-0.05, 0) is 0 Å². The van der Waals surface area contributed by atoms with E-state index >= 15 is 0 Å². The Labute approximate surface area is 90.3 Å². The summed E-state index contributed by atoms with van der Waals surface area (Å²) in [6.07, 6.45) is 0.428. The van der Waals surface area contributed by atoms with Crippen LogP contribution in [-0.2, 0) is 19.4 Å². The second-order valence-corrected chi connectivity index (χ2v) is 5.61. The molecule has 0 fully saturated rings. The summed E-state index contributed by atoms with van der Waals surface area (Å²) in [5.74, 6) is -0.361. The number of methoxy groups -OCH3 is 1. The van der Waals surface area contributed by atoms with Crippen LogP contribution >= 0.6 is 0 Å². The fourth-order valence-corrected chi connectivity index (χ4v) is 1.56. The lowest BCUT2D eigenvalue weighted by atomic mass is 10.3. The number of hydrogen-bond acceptors (Lipinski definition) is 5. The average molecular weight is 238 g/mol. The third-order valence-electron chi connectivity index (χ3n) is 1.95. The second-order valence-electron chi connectivity index (χ2n) is 3.35. The van der Waals surface area contributed by atoms with Gasteiger partial charge in [0.1, 0.15) is 15.9 Å². The fourth-order valence-electron chi connectivity index (χ4n) is 0.957. The number of nitrogens with zero attached hydrogens (tertiary/aromatic N) is 1. The van der Waals surface area contributed by atoms with Gasteiger partial charge in [0.2, 0.25) is 0 Å². The molecule has 0 aromatic rings. The molecule has 0 heterocycles. The Bertz CT molecular complexity index is 298. The normalized spacial score (nSPS) is 13.6. The van der Waals surface area contributed by atoms with Crippen LogP contribution < -0.4 is 5.73 Å². The Morgan fingerprint density at radius 2 is 2.07 bits per heavy atom. The van der Waals surface area contributed by atoms with Gasteiger partial charge >= 0.3 is 0 Å². The summed E-state index contributed by atoms with van der Waals surface area (Å²) >= 11 is 0. The van der Waals surface area contributed by atoms with E-state index in [1.54, 1.807) is 0 Å². The number of amides is 1. The molecule has 0 aliphatic heterocycles. The van der Waals surface area contributed by atoms with Gasteiger partial charge < -0.3 is 15.4 Å². The quantitative estimate of drug-likeness (QED) is 0.606. The van der Waals surface area contributed by atoms with E-state index in [0.717, 1.165) is 6.26 Å². The highest BCUT2D eigenvalue weighted by Crippen LogP contribution is 1.96. The maximum Gasteiger partial charge on any atom is 0.252 e. The maximum absolute atomic E-state index is 11.5. The zero-order valence-corrected chi connectivity index (χ0v) is 10.1. The smallest absolute Gasteiger partial charge is 0.252 e. The first-order chi connectivity index (χ1) is 6.81. The van der Waals surface area contributed by atoms with E-state index in [-0.39, 0.29) is 24.7 Å². The highest BCUT2D eigenvalue weighted by Gasteiger charge is 2.20. The van der Waals surface area contributed by atoms with Crippen molar-refractivity contribution in [2.75, 3.05) is 39.3 Å². The van der Waals surface area contributed by atoms with E-state index in [2.05, 4.69) is 0 Å². The summed E-state index contributed by atoms with van der Waals surface area (Å²) in [5.41, 5.74) is 5.31. The predicted octanol–water partition coefficient (Wildman–Crippen LogP) is -1.54. The molecule has 15 heavy (non-hydrogen) atoms. The number of carbonyl (C=O) groups excluding carboxylic acids is 1. The summed E-state index contributed by atoms with van der Waals surface area (Å²) < 4.78 is 26.6. The topological polar surface area (TPSA) is 89.7 Å². The molecule has 0 radical (unpaired) electrons. The van der Waals surface area contributed by atoms with Gasteiger partial charge in [0.05, 0.1) is 5.75 Å². The van der Waals surface area contributed by atoms with Gasteiger partial charge in [-0.1, -0.05) is 0 Å². The molecule has 0 saturated carbocycles. The SMILES string of the molecule is COC(CN)C(=O)N(C)CCS(C)(=O)=O. The Hall–Kier alpha value is -0.660. The molecule has 0 rings (SSSR count). The summed E-state index contributed by atoms with van der Waals surface area (Å²) in [6, 6.07) is 0. The number of ether oxygens (including phenoxy) is 1. The first-order valence-corrected chi connectivity index (χ1v) is 6.53. The van der Waals surface area contributed by atoms with Crippen molar-refractivity contribution in [2.45, 2.75) is 6.10 Å². The molecule has 0 aromatic heterocycles. The molecule has 7 heteroatoms. The van der Waals surface area contributed by atoms with Gasteiger partial charge in [0.15, 0.2) is 0 Å². The van der Waals surface area contributed by atoms with Crippen LogP contribution in [-0.4, -0.2) is 64.6 Å². The average Bonchev–Trinajstić information content (AvgIpc) is 2.14. The van der Waals surface area contributed by atoms with Gasteiger partial charge in [-0.25, -0.2) is 8.42 Å². The first-order valence-electron chi connectivity index (χ1n) is 4.47. The van der Waals surface area contributed by atoms with Crippen LogP contribution in [0.25, 0.3) is 0 Å². The summed E-state index contributed by atoms with van der Waals surface area (Å²) in [6.45, 7) is 0.232. The lowest BCUT2D eigenvalue weighted by Gasteiger charge is -2.21. The lowest BCUT2D eigenvalue weighted by Crippen LogP contribution is -2.43. The molecule has 0 aliphatic rings. The van der Waals surface area contributed by atoms with E-state index < -0.39 is 15.9 Å². The first kappa shape index (κ1) is 14.3. The van der Waals surface area contributed by atoms with E-state index in [4.69, 9.17) is 10.5 Å². The van der Waals surface area contributed by atoms with Crippen LogP contribution in [0, 0.1) is 0 Å². The zero-order chi connectivity index (χ0) is 12.1. The van der Waals surface area contributed by atoms with E-state index in [0.29, 0.717) is 0 Å². The summed E-state index contributed by atoms with van der Waals surface area (Å²) in [7, 11) is -0.146. The fraction of sp³-hybridized carbons (Fsp3) is 0.875. The van der Waals surface area contributed by atoms with Crippen molar-refractivity contribution >= 4 is 15.7 Å². The standard InChI is InChI=1S/C8H18N2O4S/c1-10(4-5-15(3,12)13)8(11)7(6-9)14-2/h7H,4-6,9H2,1-3H3.